The van der Waals surface area contributed by atoms with Crippen LogP contribution < -0.4 is 5.32 Å². The van der Waals surface area contributed by atoms with E-state index in [2.05, 4.69) is 5.32 Å². The first-order chi connectivity index (χ1) is 9.04. The Hall–Kier alpha value is -1.79. The topological polar surface area (TPSA) is 78.9 Å². The molecule has 0 bridgehead atoms. The Labute approximate surface area is 115 Å². The highest BCUT2D eigenvalue weighted by Gasteiger charge is 2.17. The Morgan fingerprint density at radius 3 is 2.68 bits per heavy atom. The summed E-state index contributed by atoms with van der Waals surface area (Å²) in [6.07, 6.45) is 0. The van der Waals surface area contributed by atoms with Gasteiger partial charge in [0.15, 0.2) is 0 Å². The number of hydrogen-bond donors (Lipinski definition) is 2. The van der Waals surface area contributed by atoms with Crippen molar-refractivity contribution in [1.29, 1.82) is 0 Å². The first kappa shape index (κ1) is 15.3. The number of methoxy groups -OCH3 is 1. The summed E-state index contributed by atoms with van der Waals surface area (Å²) < 4.78 is 4.84. The van der Waals surface area contributed by atoms with Gasteiger partial charge in [0.25, 0.3) is 0 Å². The van der Waals surface area contributed by atoms with Gasteiger partial charge in [-0.1, -0.05) is 23.7 Å². The number of benzene rings is 1. The van der Waals surface area contributed by atoms with Gasteiger partial charge in [-0.15, -0.1) is 0 Å². The SMILES string of the molecule is COCCN(CC(=O)O)C(=O)Nc1ccccc1Cl. The number of carbonyl (C=O) groups is 2. The van der Waals surface area contributed by atoms with Crippen molar-refractivity contribution < 1.29 is 19.4 Å². The molecule has 6 nitrogen and oxygen atoms in total. The van der Waals surface area contributed by atoms with E-state index in [9.17, 15) is 9.59 Å². The number of rotatable bonds is 6. The lowest BCUT2D eigenvalue weighted by atomic mass is 10.3. The third kappa shape index (κ3) is 5.15. The number of urea groups is 1. The maximum Gasteiger partial charge on any atom is 0.323 e. The summed E-state index contributed by atoms with van der Waals surface area (Å²) in [7, 11) is 1.48. The number of nitrogens with one attached hydrogen (secondary N) is 1. The molecule has 0 aromatic heterocycles. The molecule has 0 saturated heterocycles. The average molecular weight is 287 g/mol. The second-order valence-corrected chi connectivity index (χ2v) is 4.13. The molecule has 19 heavy (non-hydrogen) atoms. The third-order valence-electron chi connectivity index (χ3n) is 2.29. The summed E-state index contributed by atoms with van der Waals surface area (Å²) >= 11 is 5.91. The van der Waals surface area contributed by atoms with Gasteiger partial charge in [-0.05, 0) is 12.1 Å². The van der Waals surface area contributed by atoms with Crippen LogP contribution in [0.15, 0.2) is 24.3 Å². The molecule has 104 valence electrons. The second-order valence-electron chi connectivity index (χ2n) is 3.72. The van der Waals surface area contributed by atoms with Gasteiger partial charge in [0.1, 0.15) is 6.54 Å². The summed E-state index contributed by atoms with van der Waals surface area (Å²) in [4.78, 5) is 23.8. The van der Waals surface area contributed by atoms with Gasteiger partial charge in [-0.2, -0.15) is 0 Å². The highest BCUT2D eigenvalue weighted by molar-refractivity contribution is 6.33. The Balaban J connectivity index is 2.70. The third-order valence-corrected chi connectivity index (χ3v) is 2.62. The normalized spacial score (nSPS) is 10.0. The fraction of sp³-hybridized carbons (Fsp3) is 0.333. The van der Waals surface area contributed by atoms with Gasteiger partial charge < -0.3 is 20.1 Å². The number of anilines is 1. The van der Waals surface area contributed by atoms with Gasteiger partial charge in [-0.25, -0.2) is 4.79 Å². The molecular weight excluding hydrogens is 272 g/mol. The van der Waals surface area contributed by atoms with E-state index in [0.717, 1.165) is 4.90 Å². The summed E-state index contributed by atoms with van der Waals surface area (Å²) in [5, 5.41) is 11.7. The average Bonchev–Trinajstić information content (AvgIpc) is 2.36. The number of halogens is 1. The van der Waals surface area contributed by atoms with Crippen LogP contribution in [0.4, 0.5) is 10.5 Å². The van der Waals surface area contributed by atoms with Crippen LogP contribution in [-0.4, -0.2) is 48.8 Å². The highest BCUT2D eigenvalue weighted by atomic mass is 35.5. The van der Waals surface area contributed by atoms with Crippen LogP contribution in [-0.2, 0) is 9.53 Å². The summed E-state index contributed by atoms with van der Waals surface area (Å²) in [6.45, 7) is 0.0297. The zero-order valence-electron chi connectivity index (χ0n) is 10.4. The lowest BCUT2D eigenvalue weighted by Crippen LogP contribution is -2.40. The lowest BCUT2D eigenvalue weighted by Gasteiger charge is -2.21. The number of carboxylic acids is 1. The smallest absolute Gasteiger partial charge is 0.323 e. The molecule has 1 aromatic rings. The molecule has 0 spiro atoms. The summed E-state index contributed by atoms with van der Waals surface area (Å²) in [6, 6.07) is 6.19. The minimum atomic E-state index is -1.09. The van der Waals surface area contributed by atoms with Gasteiger partial charge >= 0.3 is 12.0 Å². The molecule has 0 unspecified atom stereocenters. The minimum Gasteiger partial charge on any atom is -0.480 e. The molecule has 2 amide bonds. The molecule has 0 aliphatic heterocycles. The number of para-hydroxylation sites is 1. The monoisotopic (exact) mass is 286 g/mol. The second kappa shape index (κ2) is 7.60. The Morgan fingerprint density at radius 1 is 1.42 bits per heavy atom. The molecule has 0 heterocycles. The van der Waals surface area contributed by atoms with Gasteiger partial charge in [0.05, 0.1) is 17.3 Å². The summed E-state index contributed by atoms with van der Waals surface area (Å²) in [5.41, 5.74) is 0.432. The zero-order chi connectivity index (χ0) is 14.3. The molecule has 0 fully saturated rings. The Morgan fingerprint density at radius 2 is 2.11 bits per heavy atom. The zero-order valence-corrected chi connectivity index (χ0v) is 11.2. The van der Waals surface area contributed by atoms with Crippen molar-refractivity contribution in [3.8, 4) is 0 Å². The predicted octanol–water partition coefficient (Wildman–Crippen LogP) is 1.90. The predicted molar refractivity (Wildman–Crippen MR) is 71.6 cm³/mol. The largest absolute Gasteiger partial charge is 0.480 e. The Bertz CT molecular complexity index is 453. The van der Waals surface area contributed by atoms with Gasteiger partial charge in [0.2, 0.25) is 0 Å². The fourth-order valence-electron chi connectivity index (χ4n) is 1.37. The molecule has 7 heteroatoms. The molecule has 0 saturated carbocycles. The van der Waals surface area contributed by atoms with E-state index in [4.69, 9.17) is 21.4 Å². The van der Waals surface area contributed by atoms with E-state index >= 15 is 0 Å². The van der Waals surface area contributed by atoms with Crippen molar-refractivity contribution in [2.45, 2.75) is 0 Å². The molecule has 2 N–H and O–H groups in total. The van der Waals surface area contributed by atoms with E-state index < -0.39 is 18.5 Å². The van der Waals surface area contributed by atoms with Crippen LogP contribution >= 0.6 is 11.6 Å². The van der Waals surface area contributed by atoms with Crippen LogP contribution in [0.25, 0.3) is 0 Å². The minimum absolute atomic E-state index is 0.180. The number of carbonyl (C=O) groups excluding carboxylic acids is 1. The first-order valence-corrected chi connectivity index (χ1v) is 5.93. The maximum absolute atomic E-state index is 11.9. The molecule has 0 aliphatic rings. The van der Waals surface area contributed by atoms with Crippen molar-refractivity contribution in [2.75, 3.05) is 32.1 Å². The van der Waals surface area contributed by atoms with E-state index in [0.29, 0.717) is 10.7 Å². The van der Waals surface area contributed by atoms with Crippen LogP contribution in [0.1, 0.15) is 0 Å². The van der Waals surface area contributed by atoms with Gasteiger partial charge in [0, 0.05) is 13.7 Å². The van der Waals surface area contributed by atoms with Crippen molar-refractivity contribution in [3.63, 3.8) is 0 Å². The molecule has 0 atom stereocenters. The number of hydrogen-bond acceptors (Lipinski definition) is 3. The molecule has 0 radical (unpaired) electrons. The van der Waals surface area contributed by atoms with E-state index in [-0.39, 0.29) is 13.2 Å². The number of ether oxygens (including phenoxy) is 1. The molecule has 1 rings (SSSR count). The molecule has 1 aromatic carbocycles. The number of aliphatic carboxylic acids is 1. The lowest BCUT2D eigenvalue weighted by molar-refractivity contribution is -0.137. The Kier molecular flexibility index (Phi) is 6.11. The maximum atomic E-state index is 11.9. The fourth-order valence-corrected chi connectivity index (χ4v) is 1.56. The molecule has 0 aliphatic carbocycles. The van der Waals surface area contributed by atoms with Crippen molar-refractivity contribution in [2.24, 2.45) is 0 Å². The van der Waals surface area contributed by atoms with Crippen LogP contribution in [0, 0.1) is 0 Å². The van der Waals surface area contributed by atoms with E-state index in [1.165, 1.54) is 7.11 Å². The number of nitrogens with zero attached hydrogens (tertiary/aromatic N) is 1. The first-order valence-electron chi connectivity index (χ1n) is 5.55. The van der Waals surface area contributed by atoms with E-state index in [1.807, 2.05) is 0 Å². The van der Waals surface area contributed by atoms with Crippen molar-refractivity contribution in [3.05, 3.63) is 29.3 Å². The van der Waals surface area contributed by atoms with E-state index in [1.54, 1.807) is 24.3 Å². The van der Waals surface area contributed by atoms with Gasteiger partial charge in [-0.3, -0.25) is 4.79 Å². The quantitative estimate of drug-likeness (QED) is 0.837. The van der Waals surface area contributed by atoms with Crippen molar-refractivity contribution in [1.82, 2.24) is 4.90 Å². The number of amides is 2. The standard InChI is InChI=1S/C12H15ClN2O4/c1-19-7-6-15(8-11(16)17)12(18)14-10-5-3-2-4-9(10)13/h2-5H,6-8H2,1H3,(H,14,18)(H,16,17). The van der Waals surface area contributed by atoms with Crippen LogP contribution in [0.3, 0.4) is 0 Å². The highest BCUT2D eigenvalue weighted by Crippen LogP contribution is 2.20. The number of carboxylic acid groups (broad SMARTS) is 1. The van der Waals surface area contributed by atoms with Crippen LogP contribution in [0.5, 0.6) is 0 Å². The summed E-state index contributed by atoms with van der Waals surface area (Å²) in [5.74, 6) is -1.09. The van der Waals surface area contributed by atoms with Crippen molar-refractivity contribution >= 4 is 29.3 Å². The van der Waals surface area contributed by atoms with Crippen LogP contribution in [0.2, 0.25) is 5.02 Å². The molecular formula is C12H15ClN2O4.